The van der Waals surface area contributed by atoms with Crippen LogP contribution >= 0.6 is 0 Å². The van der Waals surface area contributed by atoms with E-state index < -0.39 is 0 Å². The molecule has 0 aromatic rings. The zero-order valence-electron chi connectivity index (χ0n) is 81.0. The van der Waals surface area contributed by atoms with Gasteiger partial charge in [0.2, 0.25) is 0 Å². The largest absolute Gasteiger partial charge is 0.462 e. The van der Waals surface area contributed by atoms with Gasteiger partial charge in [-0.05, 0) is 413 Å². The Kier molecular flexibility index (Phi) is 34.2. The Bertz CT molecular complexity index is 3920. The molecule has 18 atom stereocenters. The Balaban J connectivity index is 0.000000132. The highest BCUT2D eigenvalue weighted by Gasteiger charge is 2.64. The average molecular weight is 1760 g/mol. The molecule has 21 fully saturated rings. The van der Waals surface area contributed by atoms with Crippen molar-refractivity contribution in [3.8, 4) is 0 Å². The molecule has 16 heteroatoms. The molecule has 0 amide bonds. The molecule has 21 aliphatic rings. The Morgan fingerprint density at radius 3 is 1.11 bits per heavy atom. The van der Waals surface area contributed by atoms with Crippen molar-refractivity contribution >= 4 is 47.8 Å². The van der Waals surface area contributed by atoms with Crippen LogP contribution < -0.4 is 0 Å². The highest BCUT2D eigenvalue weighted by atomic mass is 16.6. The van der Waals surface area contributed by atoms with Crippen LogP contribution in [0.4, 0.5) is 0 Å². The van der Waals surface area contributed by atoms with Crippen molar-refractivity contribution in [3.63, 3.8) is 0 Å². The van der Waals surface area contributed by atoms with Crippen molar-refractivity contribution in [3.05, 3.63) is 97.2 Å². The first-order valence-electron chi connectivity index (χ1n) is 50.8. The van der Waals surface area contributed by atoms with E-state index in [4.69, 9.17) is 37.9 Å². The van der Waals surface area contributed by atoms with Crippen LogP contribution in [0.1, 0.15) is 321 Å². The van der Waals surface area contributed by atoms with Crippen LogP contribution in [0.5, 0.6) is 0 Å². The molecule has 18 bridgehead atoms. The molecule has 0 spiro atoms. The van der Waals surface area contributed by atoms with Gasteiger partial charge < -0.3 is 37.9 Å². The van der Waals surface area contributed by atoms with Crippen molar-refractivity contribution in [1.29, 1.82) is 0 Å². The topological polar surface area (TPSA) is 210 Å². The van der Waals surface area contributed by atoms with E-state index in [9.17, 15) is 38.4 Å². The minimum absolute atomic E-state index is 0.202. The molecule has 0 heterocycles. The summed E-state index contributed by atoms with van der Waals surface area (Å²) < 4.78 is 42.4. The van der Waals surface area contributed by atoms with Crippen molar-refractivity contribution in [2.45, 2.75) is 321 Å². The zero-order chi connectivity index (χ0) is 91.7. The molecule has 127 heavy (non-hydrogen) atoms. The van der Waals surface area contributed by atoms with E-state index in [0.29, 0.717) is 149 Å². The molecule has 0 saturated heterocycles. The maximum Gasteiger partial charge on any atom is 0.333 e. The fourth-order valence-corrected chi connectivity index (χ4v) is 30.5. The van der Waals surface area contributed by atoms with Crippen LogP contribution in [0.3, 0.4) is 0 Å². The van der Waals surface area contributed by atoms with Crippen LogP contribution in [0, 0.1) is 176 Å². The first-order chi connectivity index (χ1) is 60.2. The number of fused-ring (bicyclic) bond motifs is 18. The highest BCUT2D eigenvalue weighted by molar-refractivity contribution is 5.89. The van der Waals surface area contributed by atoms with Gasteiger partial charge in [-0.15, -0.1) is 0 Å². The summed E-state index contributed by atoms with van der Waals surface area (Å²) in [4.78, 5) is 90.7. The predicted octanol–water partition coefficient (Wildman–Crippen LogP) is 24.6. The number of rotatable bonds is 24. The Hall–Kier alpha value is -6.32. The summed E-state index contributed by atoms with van der Waals surface area (Å²) in [6, 6.07) is 0. The first kappa shape index (κ1) is 99.7. The lowest BCUT2D eigenvalue weighted by Gasteiger charge is -2.59. The van der Waals surface area contributed by atoms with Crippen molar-refractivity contribution < 1.29 is 76.3 Å². The molecular weight excluding hydrogens is 1590 g/mol. The zero-order valence-corrected chi connectivity index (χ0v) is 81.0. The summed E-state index contributed by atoms with van der Waals surface area (Å²) in [5.41, 5.74) is 5.39. The smallest absolute Gasteiger partial charge is 0.333 e. The van der Waals surface area contributed by atoms with Crippen LogP contribution in [0.25, 0.3) is 0 Å². The van der Waals surface area contributed by atoms with Gasteiger partial charge in [0.25, 0.3) is 0 Å². The van der Waals surface area contributed by atoms with Crippen LogP contribution in [-0.2, 0) is 76.3 Å². The van der Waals surface area contributed by atoms with E-state index in [1.54, 1.807) is 55.4 Å². The molecule has 0 aromatic heterocycles. The molecule has 21 rings (SSSR count). The summed E-state index contributed by atoms with van der Waals surface area (Å²) in [5.74, 6) is 20.4. The van der Waals surface area contributed by atoms with Crippen molar-refractivity contribution in [2.75, 3.05) is 52.9 Å². The fraction of sp³-hybridized carbons (Fsp3) is 0.784. The minimum atomic E-state index is -0.248. The Morgan fingerprint density at radius 2 is 0.669 bits per heavy atom. The van der Waals surface area contributed by atoms with E-state index in [1.165, 1.54) is 238 Å². The predicted molar refractivity (Wildman–Crippen MR) is 500 cm³/mol. The number of hydrogen-bond donors (Lipinski definition) is 0. The minimum Gasteiger partial charge on any atom is -0.462 e. The second-order valence-electron chi connectivity index (χ2n) is 46.7. The second-order valence-corrected chi connectivity index (χ2v) is 46.7. The molecule has 708 valence electrons. The number of carbonyl (C=O) groups is 8. The lowest BCUT2D eigenvalue weighted by molar-refractivity contribution is -0.159. The van der Waals surface area contributed by atoms with Gasteiger partial charge in [0.15, 0.2) is 0 Å². The quantitative estimate of drug-likeness (QED) is 0.0381. The Morgan fingerprint density at radius 1 is 0.276 bits per heavy atom. The molecule has 16 nitrogen and oxygen atoms in total. The van der Waals surface area contributed by atoms with Crippen LogP contribution in [-0.4, -0.2) is 101 Å². The summed E-state index contributed by atoms with van der Waals surface area (Å²) in [6.07, 6.45) is 50.0. The third-order valence-corrected chi connectivity index (χ3v) is 37.1. The Labute approximate surface area is 765 Å². The van der Waals surface area contributed by atoms with Gasteiger partial charge in [-0.1, -0.05) is 125 Å². The SMILES string of the molecule is C=C(C)C(=O)OCC1(C)C2CC3CC(C2)CC1C3.C=C(C)C(=O)OCC12CC3CC(CC(C3)C1)C2.C=C(C)C(=O)OCC1CC2CC1C1C3CCC(C3)C21.C=C(C)C(=O)OCC1CC2CC1C1CCCC21.C=C(C)C(=O)OCC1CC2CCC1(C)C2(C)C.C=C(C)C(=O)OCC1CC2CCC1C2.C=C(C)C(=O)OCC1CCCC1.C=C(C)C(=O)OCC1CCCCC1. The normalized spacial score (nSPS) is 37.6. The molecule has 18 unspecified atom stereocenters. The lowest BCUT2D eigenvalue weighted by Crippen LogP contribution is -2.53. The van der Waals surface area contributed by atoms with Crippen molar-refractivity contribution in [2.24, 2.45) is 176 Å². The first-order valence-corrected chi connectivity index (χ1v) is 50.8. The molecular formula is C111H168O16. The maximum atomic E-state index is 11.6. The number of hydrogen-bond acceptors (Lipinski definition) is 16. The summed E-state index contributed by atoms with van der Waals surface area (Å²) in [7, 11) is 0. The summed E-state index contributed by atoms with van der Waals surface area (Å²) in [6.45, 7) is 56.9. The fourth-order valence-electron chi connectivity index (χ4n) is 30.5. The maximum absolute atomic E-state index is 11.6. The van der Waals surface area contributed by atoms with Crippen molar-refractivity contribution in [1.82, 2.24) is 0 Å². The molecule has 21 aliphatic carbocycles. The lowest BCUT2D eigenvalue weighted by atomic mass is 9.46. The van der Waals surface area contributed by atoms with E-state index in [-0.39, 0.29) is 53.2 Å². The van der Waals surface area contributed by atoms with E-state index >= 15 is 0 Å². The van der Waals surface area contributed by atoms with Gasteiger partial charge in [0.05, 0.1) is 52.9 Å². The van der Waals surface area contributed by atoms with Gasteiger partial charge >= 0.3 is 47.8 Å². The van der Waals surface area contributed by atoms with Crippen LogP contribution in [0.2, 0.25) is 0 Å². The number of esters is 8. The molecule has 21 saturated carbocycles. The third-order valence-electron chi connectivity index (χ3n) is 37.1. The molecule has 0 aromatic carbocycles. The van der Waals surface area contributed by atoms with Gasteiger partial charge in [0.1, 0.15) is 0 Å². The highest BCUT2D eigenvalue weighted by Crippen LogP contribution is 2.71. The summed E-state index contributed by atoms with van der Waals surface area (Å²) >= 11 is 0. The second kappa shape index (κ2) is 43.6. The molecule has 0 N–H and O–H groups in total. The van der Waals surface area contributed by atoms with E-state index in [2.05, 4.69) is 80.3 Å². The third kappa shape index (κ3) is 24.4. The van der Waals surface area contributed by atoms with Gasteiger partial charge in [-0.2, -0.15) is 0 Å². The molecule has 0 radical (unpaired) electrons. The average Bonchev–Trinajstić information content (AvgIpc) is 1.39. The number of carbonyl (C=O) groups excluding carboxylic acids is 8. The number of ether oxygens (including phenoxy) is 8. The van der Waals surface area contributed by atoms with Gasteiger partial charge in [0, 0.05) is 55.4 Å². The standard InChI is InChI=1S/C17H24O2.C16H24O2.2C15H22O2.C15H24O2.C12H18O2.C11H18O2.C10H16O2/c1-9(2)17(18)19-8-13-6-12-7-14(13)16-11-4-3-10(5-11)15(12)16;1-10(2)15(17)18-9-16(3)13-5-11-4-12(7-13)8-14(16)6-11;1-10(2)14(16)17-9-15-6-11-3-12(7-15)5-13(4-11)8-15;1-9(2)15(16)17-8-11-6-10-7-14(11)13-5-3-4-12(10)13;1-10(2)13(16)17-9-12-8-11-6-7-15(12,5)14(11,3)4;1-8(2)12(13)14-7-11-6-9-3-4-10(11)5-9;1-9(2)11(12)13-8-10-6-4-3-5-7-10;1-8(2)10(11)12-7-9-5-3-4-6-9/h10-16H,1,3-8H2,2H3;11-14H,1,4-9H2,2-3H3;11-13H,1,3-9H2,2H3;10-14H,1,3-8H2,2H3;11-12H,1,6-9H2,2-5H3;9-11H,1,3-7H2,2H3;10H,1,3-8H2,2H3;9H,1,3-7H2,2H3. The van der Waals surface area contributed by atoms with E-state index in [0.717, 1.165) is 118 Å². The van der Waals surface area contributed by atoms with Crippen LogP contribution in [0.15, 0.2) is 97.2 Å². The summed E-state index contributed by atoms with van der Waals surface area (Å²) in [5, 5.41) is 0. The monoisotopic (exact) mass is 1760 g/mol. The van der Waals surface area contributed by atoms with E-state index in [1.807, 2.05) is 0 Å². The molecule has 0 aliphatic heterocycles. The van der Waals surface area contributed by atoms with Gasteiger partial charge in [-0.3, -0.25) is 0 Å². The van der Waals surface area contributed by atoms with Gasteiger partial charge in [-0.25, -0.2) is 38.4 Å².